The van der Waals surface area contributed by atoms with Crippen molar-refractivity contribution in [1.29, 1.82) is 0 Å². The molecule has 1 amide bonds. The van der Waals surface area contributed by atoms with Gasteiger partial charge in [0.2, 0.25) is 15.9 Å². The first-order chi connectivity index (χ1) is 11.7. The third-order valence-corrected chi connectivity index (χ3v) is 5.70. The highest BCUT2D eigenvalue weighted by molar-refractivity contribution is 7.89. The van der Waals surface area contributed by atoms with E-state index in [9.17, 15) is 17.6 Å². The minimum Gasteiger partial charge on any atom is -0.383 e. The van der Waals surface area contributed by atoms with Gasteiger partial charge in [-0.25, -0.2) is 17.5 Å². The lowest BCUT2D eigenvalue weighted by atomic mass is 9.99. The predicted molar refractivity (Wildman–Crippen MR) is 100.0 cm³/mol. The van der Waals surface area contributed by atoms with Crippen molar-refractivity contribution >= 4 is 45.6 Å². The molecule has 148 valence electrons. The van der Waals surface area contributed by atoms with Crippen LogP contribution in [0.15, 0.2) is 17.0 Å². The number of amides is 1. The number of hydrogen-bond acceptors (Lipinski definition) is 5. The lowest BCUT2D eigenvalue weighted by Gasteiger charge is -2.28. The molecule has 1 aromatic carbocycles. The van der Waals surface area contributed by atoms with Gasteiger partial charge in [-0.1, -0.05) is 11.6 Å². The molecule has 1 aromatic rings. The first kappa shape index (κ1) is 23.1. The largest absolute Gasteiger partial charge is 0.383 e. The number of nitrogens with one attached hydrogen (secondary N) is 3. The lowest BCUT2D eigenvalue weighted by molar-refractivity contribution is -0.114. The fourth-order valence-electron chi connectivity index (χ4n) is 2.80. The highest BCUT2D eigenvalue weighted by Gasteiger charge is 2.35. The first-order valence-corrected chi connectivity index (χ1v) is 9.55. The Kier molecular flexibility index (Phi) is 8.25. The summed E-state index contributed by atoms with van der Waals surface area (Å²) < 4.78 is 46.8. The van der Waals surface area contributed by atoms with Gasteiger partial charge in [-0.15, -0.1) is 12.4 Å². The van der Waals surface area contributed by atoms with Gasteiger partial charge in [0.05, 0.1) is 22.9 Å². The van der Waals surface area contributed by atoms with Crippen LogP contribution in [0.3, 0.4) is 0 Å². The summed E-state index contributed by atoms with van der Waals surface area (Å²) in [6, 6.07) is 1.87. The Labute approximate surface area is 163 Å². The summed E-state index contributed by atoms with van der Waals surface area (Å²) in [7, 11) is -2.58. The molecule has 7 nitrogen and oxygen atoms in total. The Balaban J connectivity index is 0.00000338. The average molecular weight is 430 g/mol. The number of ether oxygens (including phenoxy) is 1. The number of hydrogen-bond donors (Lipinski definition) is 3. The van der Waals surface area contributed by atoms with E-state index in [2.05, 4.69) is 15.4 Å². The van der Waals surface area contributed by atoms with Crippen LogP contribution in [0.5, 0.6) is 0 Å². The number of benzene rings is 1. The topological polar surface area (TPSA) is 96.5 Å². The number of sulfonamides is 1. The third-order valence-electron chi connectivity index (χ3n) is 3.98. The van der Waals surface area contributed by atoms with Crippen LogP contribution in [-0.4, -0.2) is 46.7 Å². The smallest absolute Gasteiger partial charge is 0.243 e. The SMILES string of the molecule is COCC1(CNS(=O)(=O)c2cc(Cl)c(NC(C)=O)cc2F)CCCN1.Cl. The van der Waals surface area contributed by atoms with E-state index in [1.54, 1.807) is 0 Å². The number of methoxy groups -OCH3 is 1. The van der Waals surface area contributed by atoms with Crippen LogP contribution >= 0.6 is 24.0 Å². The van der Waals surface area contributed by atoms with Gasteiger partial charge in [0.15, 0.2) is 0 Å². The number of anilines is 1. The molecule has 1 saturated heterocycles. The van der Waals surface area contributed by atoms with E-state index in [-0.39, 0.29) is 29.7 Å². The van der Waals surface area contributed by atoms with E-state index >= 15 is 0 Å². The Morgan fingerprint density at radius 3 is 2.69 bits per heavy atom. The molecular formula is C15H22Cl2FN3O4S. The highest BCUT2D eigenvalue weighted by atomic mass is 35.5. The molecule has 1 aliphatic heterocycles. The fourth-order valence-corrected chi connectivity index (χ4v) is 4.29. The average Bonchev–Trinajstić information content (AvgIpc) is 2.97. The predicted octanol–water partition coefficient (Wildman–Crippen LogP) is 1.91. The van der Waals surface area contributed by atoms with Gasteiger partial charge in [-0.3, -0.25) is 4.79 Å². The van der Waals surface area contributed by atoms with E-state index in [0.29, 0.717) is 6.61 Å². The zero-order valence-corrected chi connectivity index (χ0v) is 16.8. The number of carbonyl (C=O) groups is 1. The van der Waals surface area contributed by atoms with Crippen LogP contribution in [0, 0.1) is 5.82 Å². The first-order valence-electron chi connectivity index (χ1n) is 7.69. The van der Waals surface area contributed by atoms with Crippen LogP contribution in [0.4, 0.5) is 10.1 Å². The second-order valence-electron chi connectivity index (χ2n) is 6.01. The quantitative estimate of drug-likeness (QED) is 0.614. The zero-order chi connectivity index (χ0) is 18.7. The maximum absolute atomic E-state index is 14.3. The summed E-state index contributed by atoms with van der Waals surface area (Å²) >= 11 is 5.95. The van der Waals surface area contributed by atoms with E-state index < -0.39 is 32.2 Å². The highest BCUT2D eigenvalue weighted by Crippen LogP contribution is 2.28. The zero-order valence-electron chi connectivity index (χ0n) is 14.4. The number of carbonyl (C=O) groups excluding carboxylic acids is 1. The van der Waals surface area contributed by atoms with Gasteiger partial charge in [0, 0.05) is 26.6 Å². The molecule has 2 rings (SSSR count). The number of halogens is 3. The molecule has 11 heteroatoms. The molecule has 0 radical (unpaired) electrons. The third kappa shape index (κ3) is 5.51. The monoisotopic (exact) mass is 429 g/mol. The molecule has 3 N–H and O–H groups in total. The minimum atomic E-state index is -4.12. The van der Waals surface area contributed by atoms with Crippen molar-refractivity contribution in [2.75, 3.05) is 32.1 Å². The van der Waals surface area contributed by atoms with Crippen LogP contribution in [0.2, 0.25) is 5.02 Å². The van der Waals surface area contributed by atoms with Gasteiger partial charge in [-0.05, 0) is 25.5 Å². The Morgan fingerprint density at radius 1 is 1.46 bits per heavy atom. The molecule has 0 aromatic heterocycles. The summed E-state index contributed by atoms with van der Waals surface area (Å²) in [4.78, 5) is 10.5. The van der Waals surface area contributed by atoms with Crippen LogP contribution in [-0.2, 0) is 19.6 Å². The Bertz CT molecular complexity index is 756. The second-order valence-corrected chi connectivity index (χ2v) is 8.15. The molecule has 1 unspecified atom stereocenters. The van der Waals surface area contributed by atoms with Crippen molar-refractivity contribution in [2.24, 2.45) is 0 Å². The van der Waals surface area contributed by atoms with Crippen LogP contribution in [0.25, 0.3) is 0 Å². The summed E-state index contributed by atoms with van der Waals surface area (Å²) in [6.07, 6.45) is 1.64. The van der Waals surface area contributed by atoms with Gasteiger partial charge in [-0.2, -0.15) is 0 Å². The van der Waals surface area contributed by atoms with E-state index in [4.69, 9.17) is 16.3 Å². The van der Waals surface area contributed by atoms with Crippen LogP contribution in [0.1, 0.15) is 19.8 Å². The molecule has 0 saturated carbocycles. The molecule has 1 fully saturated rings. The summed E-state index contributed by atoms with van der Waals surface area (Å²) in [5, 5.41) is 5.50. The standard InChI is InChI=1S/C15H21ClFN3O4S.ClH/c1-10(21)20-13-7-12(17)14(6-11(13)16)25(22,23)19-8-15(9-24-2)4-3-5-18-15;/h6-7,18-19H,3-5,8-9H2,1-2H3,(H,20,21);1H. The van der Waals surface area contributed by atoms with Crippen molar-refractivity contribution < 1.29 is 22.3 Å². The molecule has 0 bridgehead atoms. The van der Waals surface area contributed by atoms with Gasteiger partial charge in [0.25, 0.3) is 0 Å². The molecule has 1 heterocycles. The van der Waals surface area contributed by atoms with E-state index in [1.165, 1.54) is 14.0 Å². The van der Waals surface area contributed by atoms with Crippen molar-refractivity contribution in [2.45, 2.75) is 30.2 Å². The van der Waals surface area contributed by atoms with E-state index in [1.807, 2.05) is 0 Å². The Morgan fingerprint density at radius 2 is 2.15 bits per heavy atom. The molecular weight excluding hydrogens is 408 g/mol. The van der Waals surface area contributed by atoms with Crippen LogP contribution < -0.4 is 15.4 Å². The second kappa shape index (κ2) is 9.29. The maximum atomic E-state index is 14.3. The number of rotatable bonds is 7. The van der Waals surface area contributed by atoms with Gasteiger partial charge in [0.1, 0.15) is 10.7 Å². The normalized spacial score (nSPS) is 19.8. The van der Waals surface area contributed by atoms with Crippen molar-refractivity contribution in [3.05, 3.63) is 23.0 Å². The van der Waals surface area contributed by atoms with E-state index in [0.717, 1.165) is 31.5 Å². The molecule has 1 aliphatic rings. The molecule has 1 atom stereocenters. The van der Waals surface area contributed by atoms with Crippen molar-refractivity contribution in [3.63, 3.8) is 0 Å². The van der Waals surface area contributed by atoms with Crippen molar-refractivity contribution in [1.82, 2.24) is 10.0 Å². The van der Waals surface area contributed by atoms with Gasteiger partial charge < -0.3 is 15.4 Å². The minimum absolute atomic E-state index is 0. The molecule has 0 spiro atoms. The fraction of sp³-hybridized carbons (Fsp3) is 0.533. The summed E-state index contributed by atoms with van der Waals surface area (Å²) in [5.41, 5.74) is -0.503. The molecule has 0 aliphatic carbocycles. The lowest BCUT2D eigenvalue weighted by Crippen LogP contribution is -2.52. The molecule has 26 heavy (non-hydrogen) atoms. The summed E-state index contributed by atoms with van der Waals surface area (Å²) in [6.45, 7) is 2.40. The Hall–Kier alpha value is -0.970. The van der Waals surface area contributed by atoms with Gasteiger partial charge >= 0.3 is 0 Å². The van der Waals surface area contributed by atoms with Crippen molar-refractivity contribution in [3.8, 4) is 0 Å². The summed E-state index contributed by atoms with van der Waals surface area (Å²) in [5.74, 6) is -1.44. The maximum Gasteiger partial charge on any atom is 0.243 e.